The third kappa shape index (κ3) is 5.32. The molecule has 5 rings (SSSR count). The molecule has 188 valence electrons. The maximum Gasteiger partial charge on any atom is 0.246 e. The minimum Gasteiger partial charge on any atom is -0.348 e. The first-order valence-electron chi connectivity index (χ1n) is 12.4. The number of fused-ring (bicyclic) bond motifs is 2. The molecule has 2 amide bonds. The summed E-state index contributed by atoms with van der Waals surface area (Å²) >= 11 is 5.32. The molecule has 1 N–H and O–H groups in total. The van der Waals surface area contributed by atoms with Gasteiger partial charge in [0.2, 0.25) is 11.8 Å². The van der Waals surface area contributed by atoms with E-state index in [2.05, 4.69) is 27.8 Å². The first-order valence-corrected chi connectivity index (χ1v) is 14.0. The summed E-state index contributed by atoms with van der Waals surface area (Å²) in [7, 11) is 0. The molecule has 0 spiro atoms. The number of nitrogens with one attached hydrogen (secondary N) is 1. The molecule has 0 unspecified atom stereocenters. The molecule has 3 aromatic rings. The number of thiazole rings is 1. The smallest absolute Gasteiger partial charge is 0.246 e. The number of likely N-dealkylation sites (tertiary alicyclic amines) is 1. The number of aryl methyl sites for hydroxylation is 3. The van der Waals surface area contributed by atoms with Gasteiger partial charge in [0.1, 0.15) is 6.54 Å². The summed E-state index contributed by atoms with van der Waals surface area (Å²) in [5.74, 6) is -0.187. The second-order valence-electron chi connectivity index (χ2n) is 9.51. The molecule has 1 aliphatic carbocycles. The molecular weight excluding hydrogens is 540 g/mol. The average Bonchev–Trinajstić information content (AvgIpc) is 3.41. The lowest BCUT2D eigenvalue weighted by Gasteiger charge is -2.38. The molecule has 36 heavy (non-hydrogen) atoms. The number of hydrogen-bond acceptors (Lipinski definition) is 5. The highest BCUT2D eigenvalue weighted by Crippen LogP contribution is 2.29. The van der Waals surface area contributed by atoms with Crippen LogP contribution in [0.1, 0.15) is 51.6 Å². The molecule has 2 aromatic heterocycles. The number of nitrogens with zero attached hydrogens (tertiary/aromatic N) is 3. The van der Waals surface area contributed by atoms with E-state index in [0.717, 1.165) is 46.1 Å². The molecule has 9 heteroatoms. The molecule has 3 heterocycles. The normalized spacial score (nSPS) is 15.4. The van der Waals surface area contributed by atoms with E-state index in [-0.39, 0.29) is 30.2 Å². The van der Waals surface area contributed by atoms with Crippen molar-refractivity contribution >= 4 is 55.8 Å². The van der Waals surface area contributed by atoms with Crippen LogP contribution in [0.5, 0.6) is 0 Å². The predicted molar refractivity (Wildman–Crippen MR) is 144 cm³/mol. The standard InChI is InChI=1S/C27H29BrN4O3S/c1-2-27(35)32-13-18(14-32)29-25(34)16-31-15-20(19-12-17(28)10-11-22(19)31)23(33)7-5-9-26-30-21-6-3-4-8-24(21)36-26/h2,10-12,15,18H,1,3-9,13-14,16H2,(H,29,34). The lowest BCUT2D eigenvalue weighted by Crippen LogP contribution is -2.61. The van der Waals surface area contributed by atoms with Crippen LogP contribution in [-0.4, -0.2) is 51.2 Å². The summed E-state index contributed by atoms with van der Waals surface area (Å²) in [6.07, 6.45) is 9.80. The zero-order valence-electron chi connectivity index (χ0n) is 20.1. The lowest BCUT2D eigenvalue weighted by molar-refractivity contribution is -0.133. The molecule has 1 saturated heterocycles. The van der Waals surface area contributed by atoms with Gasteiger partial charge in [-0.1, -0.05) is 22.5 Å². The molecule has 1 aliphatic heterocycles. The van der Waals surface area contributed by atoms with Crippen molar-refractivity contribution in [1.29, 1.82) is 0 Å². The SMILES string of the molecule is C=CC(=O)N1CC(NC(=O)Cn2cc(C(=O)CCCc3nc4c(s3)CCCC4)c3cc(Br)ccc32)C1. The van der Waals surface area contributed by atoms with E-state index in [1.54, 1.807) is 11.1 Å². The minimum absolute atomic E-state index is 0.0602. The zero-order chi connectivity index (χ0) is 25.2. The number of Topliss-reactive ketones (excluding diaryl/α,β-unsaturated/α-hetero) is 1. The summed E-state index contributed by atoms with van der Waals surface area (Å²) in [6, 6.07) is 5.73. The Morgan fingerprint density at radius 3 is 2.81 bits per heavy atom. The molecular formula is C27H29BrN4O3S. The fourth-order valence-corrected chi connectivity index (χ4v) is 6.54. The topological polar surface area (TPSA) is 84.3 Å². The van der Waals surface area contributed by atoms with Crippen LogP contribution in [0.4, 0.5) is 0 Å². The van der Waals surface area contributed by atoms with Crippen molar-refractivity contribution in [2.45, 2.75) is 57.5 Å². The van der Waals surface area contributed by atoms with Gasteiger partial charge in [0, 0.05) is 51.5 Å². The molecule has 0 radical (unpaired) electrons. The number of hydrogen-bond donors (Lipinski definition) is 1. The molecule has 0 saturated carbocycles. The van der Waals surface area contributed by atoms with Gasteiger partial charge in [-0.3, -0.25) is 14.4 Å². The third-order valence-corrected chi connectivity index (χ3v) is 8.59. The van der Waals surface area contributed by atoms with Crippen LogP contribution in [0.15, 0.2) is 41.5 Å². The molecule has 1 fully saturated rings. The minimum atomic E-state index is -0.141. The van der Waals surface area contributed by atoms with Crippen molar-refractivity contribution < 1.29 is 14.4 Å². The quantitative estimate of drug-likeness (QED) is 0.305. The van der Waals surface area contributed by atoms with Gasteiger partial charge in [0.05, 0.1) is 16.7 Å². The van der Waals surface area contributed by atoms with Gasteiger partial charge in [0.15, 0.2) is 5.78 Å². The van der Waals surface area contributed by atoms with E-state index in [4.69, 9.17) is 4.98 Å². The monoisotopic (exact) mass is 568 g/mol. The Bertz CT molecular complexity index is 1310. The summed E-state index contributed by atoms with van der Waals surface area (Å²) in [4.78, 5) is 45.4. The molecule has 0 bridgehead atoms. The van der Waals surface area contributed by atoms with Gasteiger partial charge in [-0.05, 0) is 62.8 Å². The van der Waals surface area contributed by atoms with Gasteiger partial charge in [-0.15, -0.1) is 11.3 Å². The largest absolute Gasteiger partial charge is 0.348 e. The van der Waals surface area contributed by atoms with Crippen molar-refractivity contribution in [2.24, 2.45) is 0 Å². The number of rotatable bonds is 9. The predicted octanol–water partition coefficient (Wildman–Crippen LogP) is 4.46. The van der Waals surface area contributed by atoms with Crippen LogP contribution in [0.2, 0.25) is 0 Å². The van der Waals surface area contributed by atoms with Crippen LogP contribution in [-0.2, 0) is 35.4 Å². The summed E-state index contributed by atoms with van der Waals surface area (Å²) in [5.41, 5.74) is 2.76. The van der Waals surface area contributed by atoms with Crippen molar-refractivity contribution in [1.82, 2.24) is 19.8 Å². The Kier molecular flexibility index (Phi) is 7.39. The van der Waals surface area contributed by atoms with Gasteiger partial charge in [-0.2, -0.15) is 0 Å². The highest BCUT2D eigenvalue weighted by molar-refractivity contribution is 9.10. The van der Waals surface area contributed by atoms with Crippen LogP contribution in [0, 0.1) is 0 Å². The van der Waals surface area contributed by atoms with E-state index < -0.39 is 0 Å². The van der Waals surface area contributed by atoms with E-state index in [1.807, 2.05) is 34.1 Å². The maximum atomic E-state index is 13.2. The highest BCUT2D eigenvalue weighted by atomic mass is 79.9. The zero-order valence-corrected chi connectivity index (χ0v) is 22.5. The van der Waals surface area contributed by atoms with Gasteiger partial charge in [0.25, 0.3) is 0 Å². The van der Waals surface area contributed by atoms with Crippen molar-refractivity contribution in [3.63, 3.8) is 0 Å². The summed E-state index contributed by atoms with van der Waals surface area (Å²) < 4.78 is 2.73. The van der Waals surface area contributed by atoms with E-state index in [1.165, 1.54) is 29.5 Å². The van der Waals surface area contributed by atoms with E-state index in [0.29, 0.717) is 25.1 Å². The Morgan fingerprint density at radius 2 is 2.03 bits per heavy atom. The van der Waals surface area contributed by atoms with Gasteiger partial charge < -0.3 is 14.8 Å². The molecule has 0 atom stereocenters. The van der Waals surface area contributed by atoms with Crippen LogP contribution in [0.3, 0.4) is 0 Å². The van der Waals surface area contributed by atoms with Crippen molar-refractivity contribution in [3.8, 4) is 0 Å². The maximum absolute atomic E-state index is 13.2. The molecule has 7 nitrogen and oxygen atoms in total. The van der Waals surface area contributed by atoms with E-state index in [9.17, 15) is 14.4 Å². The first kappa shape index (κ1) is 24.9. The van der Waals surface area contributed by atoms with E-state index >= 15 is 0 Å². The third-order valence-electron chi connectivity index (χ3n) is 6.87. The molecule has 1 aromatic carbocycles. The van der Waals surface area contributed by atoms with Crippen LogP contribution < -0.4 is 5.32 Å². The van der Waals surface area contributed by atoms with Crippen molar-refractivity contribution in [2.75, 3.05) is 13.1 Å². The lowest BCUT2D eigenvalue weighted by atomic mass is 10.0. The second kappa shape index (κ2) is 10.7. The van der Waals surface area contributed by atoms with Crippen LogP contribution >= 0.6 is 27.3 Å². The Hall–Kier alpha value is -2.78. The Labute approximate surface area is 222 Å². The first-order chi connectivity index (χ1) is 17.4. The van der Waals surface area contributed by atoms with Gasteiger partial charge in [-0.25, -0.2) is 4.98 Å². The summed E-state index contributed by atoms with van der Waals surface area (Å²) in [5, 5.41) is 4.96. The number of ketones is 1. The number of carbonyl (C=O) groups is 3. The summed E-state index contributed by atoms with van der Waals surface area (Å²) in [6.45, 7) is 4.58. The highest BCUT2D eigenvalue weighted by Gasteiger charge is 2.30. The van der Waals surface area contributed by atoms with Crippen LogP contribution in [0.25, 0.3) is 10.9 Å². The number of halogens is 1. The Balaban J connectivity index is 1.23. The number of aromatic nitrogens is 2. The average molecular weight is 570 g/mol. The number of benzene rings is 1. The van der Waals surface area contributed by atoms with Crippen molar-refractivity contribution in [3.05, 3.63) is 62.7 Å². The fourth-order valence-electron chi connectivity index (χ4n) is 4.98. The van der Waals surface area contributed by atoms with Gasteiger partial charge >= 0.3 is 0 Å². The fraction of sp³-hybridized carbons (Fsp3) is 0.407. The number of amides is 2. The Morgan fingerprint density at radius 1 is 1.22 bits per heavy atom. The molecule has 2 aliphatic rings. The number of carbonyl (C=O) groups excluding carboxylic acids is 3. The second-order valence-corrected chi connectivity index (χ2v) is 11.6.